The summed E-state index contributed by atoms with van der Waals surface area (Å²) in [5, 5.41) is 8.46. The zero-order chi connectivity index (χ0) is 32.7. The second-order valence-electron chi connectivity index (χ2n) is 10.9. The van der Waals surface area contributed by atoms with Crippen molar-refractivity contribution in [2.45, 2.75) is 40.0 Å². The molecule has 7 nitrogen and oxygen atoms in total. The zero-order valence-electron chi connectivity index (χ0n) is 27.2. The van der Waals surface area contributed by atoms with E-state index in [9.17, 15) is 9.59 Å². The third-order valence-corrected chi connectivity index (χ3v) is 8.13. The average Bonchev–Trinajstić information content (AvgIpc) is 3.07. The van der Waals surface area contributed by atoms with Crippen molar-refractivity contribution in [3.05, 3.63) is 102 Å². The maximum Gasteiger partial charge on any atom is 0.407 e. The highest BCUT2D eigenvalue weighted by Gasteiger charge is 2.16. The molecule has 1 aliphatic carbocycles. The maximum absolute atomic E-state index is 12.0. The SMILES string of the molecule is CCN=C1C=CC(=C(c2ccc(N(CC)CC)cc2)c2ccc(NCCCOC(=O)NCCC(=O)CCS)c3ccccc23)C=C1. The molecule has 0 spiro atoms. The van der Waals surface area contributed by atoms with Crippen LogP contribution in [-0.2, 0) is 9.53 Å². The Labute approximate surface area is 278 Å². The van der Waals surface area contributed by atoms with Crippen LogP contribution in [0.5, 0.6) is 0 Å². The second kappa shape index (κ2) is 18.0. The topological polar surface area (TPSA) is 83.0 Å². The molecule has 0 heterocycles. The molecule has 242 valence electrons. The Hall–Kier alpha value is -4.30. The van der Waals surface area contributed by atoms with E-state index in [0.717, 1.165) is 58.5 Å². The minimum Gasteiger partial charge on any atom is -0.449 e. The molecule has 0 saturated heterocycles. The molecule has 3 aromatic carbocycles. The number of hydrogen-bond donors (Lipinski definition) is 3. The van der Waals surface area contributed by atoms with Gasteiger partial charge in [0.1, 0.15) is 5.78 Å². The highest BCUT2D eigenvalue weighted by atomic mass is 32.1. The quantitative estimate of drug-likeness (QED) is 0.110. The highest BCUT2D eigenvalue weighted by molar-refractivity contribution is 7.80. The minimum atomic E-state index is -0.502. The number of carbonyl (C=O) groups is 2. The molecule has 8 heteroatoms. The van der Waals surface area contributed by atoms with Gasteiger partial charge in [-0.15, -0.1) is 0 Å². The number of ketones is 1. The van der Waals surface area contributed by atoms with Crippen LogP contribution in [0.1, 0.15) is 51.2 Å². The van der Waals surface area contributed by atoms with Gasteiger partial charge in [0, 0.05) is 62.3 Å². The van der Waals surface area contributed by atoms with Crippen LogP contribution in [0.3, 0.4) is 0 Å². The predicted octanol–water partition coefficient (Wildman–Crippen LogP) is 7.88. The Morgan fingerprint density at radius 3 is 2.24 bits per heavy atom. The number of rotatable bonds is 16. The lowest BCUT2D eigenvalue weighted by Crippen LogP contribution is -2.27. The van der Waals surface area contributed by atoms with Gasteiger partial charge in [-0.05, 0) is 91.0 Å². The molecule has 0 saturated carbocycles. The minimum absolute atomic E-state index is 0.0801. The molecule has 4 rings (SSSR count). The number of carbonyl (C=O) groups excluding carboxylic acids is 2. The fraction of sp³-hybridized carbons (Fsp3) is 0.342. The van der Waals surface area contributed by atoms with Crippen molar-refractivity contribution in [2.24, 2.45) is 4.99 Å². The molecule has 0 radical (unpaired) electrons. The van der Waals surface area contributed by atoms with Crippen LogP contribution >= 0.6 is 12.6 Å². The van der Waals surface area contributed by atoms with E-state index >= 15 is 0 Å². The van der Waals surface area contributed by atoms with Crippen molar-refractivity contribution in [1.82, 2.24) is 5.32 Å². The van der Waals surface area contributed by atoms with E-state index in [1.54, 1.807) is 0 Å². The number of thiol groups is 1. The number of anilines is 2. The van der Waals surface area contributed by atoms with Crippen LogP contribution < -0.4 is 15.5 Å². The number of allylic oxidation sites excluding steroid dienone is 5. The summed E-state index contributed by atoms with van der Waals surface area (Å²) in [6.07, 6.45) is 9.36. The first-order chi connectivity index (χ1) is 22.5. The molecule has 0 unspecified atom stereocenters. The van der Waals surface area contributed by atoms with Crippen LogP contribution in [0.2, 0.25) is 0 Å². The molecule has 0 fully saturated rings. The monoisotopic (exact) mass is 638 g/mol. The summed E-state index contributed by atoms with van der Waals surface area (Å²) < 4.78 is 5.29. The van der Waals surface area contributed by atoms with Crippen molar-refractivity contribution in [2.75, 3.05) is 55.3 Å². The average molecular weight is 639 g/mol. The molecule has 0 atom stereocenters. The highest BCUT2D eigenvalue weighted by Crippen LogP contribution is 2.37. The van der Waals surface area contributed by atoms with Gasteiger partial charge in [-0.1, -0.05) is 54.6 Å². The van der Waals surface area contributed by atoms with Crippen LogP contribution in [0.25, 0.3) is 16.3 Å². The molecule has 46 heavy (non-hydrogen) atoms. The lowest BCUT2D eigenvalue weighted by Gasteiger charge is -2.22. The largest absolute Gasteiger partial charge is 0.449 e. The summed E-state index contributed by atoms with van der Waals surface area (Å²) in [7, 11) is 0. The molecular formula is C38H46N4O3S. The van der Waals surface area contributed by atoms with Gasteiger partial charge in [-0.2, -0.15) is 12.6 Å². The Morgan fingerprint density at radius 1 is 0.848 bits per heavy atom. The molecule has 1 aliphatic rings. The third kappa shape index (κ3) is 9.36. The third-order valence-electron chi connectivity index (χ3n) is 7.91. The lowest BCUT2D eigenvalue weighted by molar-refractivity contribution is -0.118. The van der Waals surface area contributed by atoms with Crippen molar-refractivity contribution >= 4 is 57.9 Å². The molecule has 3 aromatic rings. The molecule has 0 bridgehead atoms. The van der Waals surface area contributed by atoms with E-state index < -0.39 is 6.09 Å². The van der Waals surface area contributed by atoms with Gasteiger partial charge in [0.15, 0.2) is 0 Å². The first kappa shape index (κ1) is 34.6. The number of hydrogen-bond acceptors (Lipinski definition) is 7. The zero-order valence-corrected chi connectivity index (χ0v) is 28.1. The van der Waals surface area contributed by atoms with Crippen LogP contribution in [0.4, 0.5) is 16.2 Å². The number of nitrogens with one attached hydrogen (secondary N) is 2. The summed E-state index contributed by atoms with van der Waals surface area (Å²) in [5.41, 5.74) is 7.85. The number of benzene rings is 3. The first-order valence-electron chi connectivity index (χ1n) is 16.3. The first-order valence-corrected chi connectivity index (χ1v) is 16.9. The fourth-order valence-corrected chi connectivity index (χ4v) is 5.81. The second-order valence-corrected chi connectivity index (χ2v) is 11.4. The molecular weight excluding hydrogens is 593 g/mol. The Kier molecular flexibility index (Phi) is 13.5. The lowest BCUT2D eigenvalue weighted by atomic mass is 9.87. The van der Waals surface area contributed by atoms with Gasteiger partial charge >= 0.3 is 6.09 Å². The van der Waals surface area contributed by atoms with Gasteiger partial charge in [0.25, 0.3) is 0 Å². The Balaban J connectivity index is 1.54. The summed E-state index contributed by atoms with van der Waals surface area (Å²) in [6.45, 7) is 10.3. The van der Waals surface area contributed by atoms with E-state index in [4.69, 9.17) is 4.74 Å². The van der Waals surface area contributed by atoms with Crippen LogP contribution in [0, 0.1) is 0 Å². The van der Waals surface area contributed by atoms with Crippen LogP contribution in [0.15, 0.2) is 95.5 Å². The predicted molar refractivity (Wildman–Crippen MR) is 197 cm³/mol. The number of fused-ring (bicyclic) bond motifs is 1. The van der Waals surface area contributed by atoms with Gasteiger partial charge in [0.05, 0.1) is 12.3 Å². The van der Waals surface area contributed by atoms with E-state index in [0.29, 0.717) is 31.6 Å². The maximum atomic E-state index is 12.0. The van der Waals surface area contributed by atoms with Gasteiger partial charge in [0.2, 0.25) is 0 Å². The summed E-state index contributed by atoms with van der Waals surface area (Å²) in [4.78, 5) is 30.5. The van der Waals surface area contributed by atoms with Gasteiger partial charge < -0.3 is 20.3 Å². The number of nitrogens with zero attached hydrogens (tertiary/aromatic N) is 2. The van der Waals surface area contributed by atoms with Crippen molar-refractivity contribution in [3.8, 4) is 0 Å². The molecule has 1 amide bonds. The van der Waals surface area contributed by atoms with Crippen molar-refractivity contribution in [3.63, 3.8) is 0 Å². The number of amides is 1. The van der Waals surface area contributed by atoms with Crippen molar-refractivity contribution in [1.29, 1.82) is 0 Å². The summed E-state index contributed by atoms with van der Waals surface area (Å²) in [6, 6.07) is 21.7. The smallest absolute Gasteiger partial charge is 0.407 e. The number of ether oxygens (including phenoxy) is 1. The summed E-state index contributed by atoms with van der Waals surface area (Å²) >= 11 is 4.06. The summed E-state index contributed by atoms with van der Waals surface area (Å²) in [5.74, 6) is 0.596. The number of aliphatic imine (C=N–C) groups is 1. The van der Waals surface area contributed by atoms with E-state index in [2.05, 4.69) is 132 Å². The van der Waals surface area contributed by atoms with Crippen molar-refractivity contribution < 1.29 is 14.3 Å². The molecule has 0 aromatic heterocycles. The van der Waals surface area contributed by atoms with E-state index in [1.165, 1.54) is 11.3 Å². The normalized spacial score (nSPS) is 12.3. The van der Waals surface area contributed by atoms with Crippen LogP contribution in [-0.4, -0.2) is 62.7 Å². The Bertz CT molecular complexity index is 1590. The molecule has 2 N–H and O–H groups in total. The fourth-order valence-electron chi connectivity index (χ4n) is 5.56. The Morgan fingerprint density at radius 2 is 1.57 bits per heavy atom. The van der Waals surface area contributed by atoms with Gasteiger partial charge in [-0.25, -0.2) is 4.79 Å². The standard InChI is InChI=1S/C38H46N4O3S/c1-4-39-30-16-12-28(13-17-30)37(29-14-18-31(19-15-29)42(5-2)6-3)35-20-21-36(34-11-8-7-10-33(34)35)40-24-9-26-45-38(44)41-25-22-32(43)23-27-46/h7-8,10-21,40,46H,4-6,9,22-27H2,1-3H3,(H,41,44). The van der Waals surface area contributed by atoms with Gasteiger partial charge in [-0.3, -0.25) is 9.79 Å². The van der Waals surface area contributed by atoms with E-state index in [1.807, 2.05) is 6.92 Å². The number of Topliss-reactive ketones (excluding diaryl/α,β-unsaturated/α-hetero) is 1. The molecule has 0 aliphatic heterocycles. The number of alkyl carbamates (subject to hydrolysis) is 1. The van der Waals surface area contributed by atoms with E-state index in [-0.39, 0.29) is 18.9 Å².